The Kier molecular flexibility index (Phi) is 2.14. The van der Waals surface area contributed by atoms with Crippen molar-refractivity contribution in [2.45, 2.75) is 26.2 Å². The SMILES string of the molecule is CC(C)c1ccc2[nH]c3c(c2c1)Cc1ccccc1-3. The molecule has 19 heavy (non-hydrogen) atoms. The molecule has 0 saturated carbocycles. The summed E-state index contributed by atoms with van der Waals surface area (Å²) in [6, 6.07) is 15.5. The largest absolute Gasteiger partial charge is 0.354 e. The van der Waals surface area contributed by atoms with E-state index >= 15 is 0 Å². The van der Waals surface area contributed by atoms with Crippen LogP contribution in [0.2, 0.25) is 0 Å². The van der Waals surface area contributed by atoms with Gasteiger partial charge in [-0.2, -0.15) is 0 Å². The van der Waals surface area contributed by atoms with E-state index in [1.165, 1.54) is 38.9 Å². The minimum Gasteiger partial charge on any atom is -0.354 e. The molecule has 0 bridgehead atoms. The molecule has 4 rings (SSSR count). The topological polar surface area (TPSA) is 15.8 Å². The zero-order valence-corrected chi connectivity index (χ0v) is 11.3. The molecule has 1 N–H and O–H groups in total. The van der Waals surface area contributed by atoms with Gasteiger partial charge in [0, 0.05) is 22.9 Å². The summed E-state index contributed by atoms with van der Waals surface area (Å²) in [5, 5.41) is 1.40. The first-order valence-corrected chi connectivity index (χ1v) is 6.97. The smallest absolute Gasteiger partial charge is 0.0503 e. The van der Waals surface area contributed by atoms with Crippen molar-refractivity contribution in [3.63, 3.8) is 0 Å². The summed E-state index contributed by atoms with van der Waals surface area (Å²) < 4.78 is 0. The molecule has 0 radical (unpaired) electrons. The van der Waals surface area contributed by atoms with Crippen molar-refractivity contribution in [1.82, 2.24) is 4.98 Å². The van der Waals surface area contributed by atoms with E-state index in [2.05, 4.69) is 61.3 Å². The van der Waals surface area contributed by atoms with Gasteiger partial charge in [0.1, 0.15) is 0 Å². The number of nitrogens with one attached hydrogen (secondary N) is 1. The van der Waals surface area contributed by atoms with Gasteiger partial charge < -0.3 is 4.98 Å². The van der Waals surface area contributed by atoms with Gasteiger partial charge in [0.2, 0.25) is 0 Å². The van der Waals surface area contributed by atoms with Gasteiger partial charge in [0.05, 0.1) is 5.69 Å². The molecule has 1 heteroatoms. The second kappa shape index (κ2) is 3.74. The first kappa shape index (κ1) is 10.9. The molecule has 1 heterocycles. The van der Waals surface area contributed by atoms with Crippen molar-refractivity contribution in [1.29, 1.82) is 0 Å². The molecule has 1 nitrogen and oxygen atoms in total. The summed E-state index contributed by atoms with van der Waals surface area (Å²) in [5.74, 6) is 0.582. The third kappa shape index (κ3) is 1.48. The molecule has 2 aromatic carbocycles. The van der Waals surface area contributed by atoms with Crippen LogP contribution in [-0.4, -0.2) is 4.98 Å². The van der Waals surface area contributed by atoms with Crippen molar-refractivity contribution in [3.8, 4) is 11.3 Å². The maximum atomic E-state index is 3.60. The van der Waals surface area contributed by atoms with Crippen LogP contribution in [0.5, 0.6) is 0 Å². The molecule has 0 unspecified atom stereocenters. The van der Waals surface area contributed by atoms with E-state index in [9.17, 15) is 0 Å². The minimum atomic E-state index is 0.582. The molecular formula is C18H17N. The van der Waals surface area contributed by atoms with E-state index in [0.29, 0.717) is 5.92 Å². The summed E-state index contributed by atoms with van der Waals surface area (Å²) in [6.45, 7) is 4.51. The summed E-state index contributed by atoms with van der Waals surface area (Å²) >= 11 is 0. The van der Waals surface area contributed by atoms with Gasteiger partial charge in [-0.3, -0.25) is 0 Å². The lowest BCUT2D eigenvalue weighted by Gasteiger charge is -2.05. The van der Waals surface area contributed by atoms with Crippen LogP contribution in [0.4, 0.5) is 0 Å². The lowest BCUT2D eigenvalue weighted by Crippen LogP contribution is -1.87. The first-order valence-electron chi connectivity index (χ1n) is 6.97. The molecule has 0 saturated heterocycles. The fourth-order valence-corrected chi connectivity index (χ4v) is 3.15. The number of H-pyrrole nitrogens is 1. The predicted molar refractivity (Wildman–Crippen MR) is 80.6 cm³/mol. The standard InChI is InChI=1S/C18H17N/c1-11(2)12-7-8-17-15(9-12)16-10-13-5-3-4-6-14(13)18(16)19-17/h3-9,11,19H,10H2,1-2H3. The Hall–Kier alpha value is -2.02. The highest BCUT2D eigenvalue weighted by Gasteiger charge is 2.22. The summed E-state index contributed by atoms with van der Waals surface area (Å²) in [7, 11) is 0. The summed E-state index contributed by atoms with van der Waals surface area (Å²) in [6.07, 6.45) is 1.06. The fraction of sp³-hybridized carbons (Fsp3) is 0.222. The summed E-state index contributed by atoms with van der Waals surface area (Å²) in [5.41, 5.74) is 8.31. The minimum absolute atomic E-state index is 0.582. The highest BCUT2D eigenvalue weighted by molar-refractivity contribution is 5.94. The van der Waals surface area contributed by atoms with E-state index in [1.807, 2.05) is 0 Å². The molecule has 1 aliphatic carbocycles. The molecule has 3 aromatic rings. The average Bonchev–Trinajstić information content (AvgIpc) is 2.94. The Balaban J connectivity index is 1.99. The number of fused-ring (bicyclic) bond motifs is 5. The van der Waals surface area contributed by atoms with Crippen LogP contribution >= 0.6 is 0 Å². The Morgan fingerprint density at radius 3 is 2.74 bits per heavy atom. The van der Waals surface area contributed by atoms with Crippen molar-refractivity contribution in [3.05, 3.63) is 59.2 Å². The fourth-order valence-electron chi connectivity index (χ4n) is 3.15. The van der Waals surface area contributed by atoms with Gasteiger partial charge in [-0.1, -0.05) is 44.2 Å². The second-order valence-electron chi connectivity index (χ2n) is 5.77. The molecule has 1 aliphatic rings. The number of benzene rings is 2. The molecule has 0 amide bonds. The first-order chi connectivity index (χ1) is 9.24. The Morgan fingerprint density at radius 1 is 1.05 bits per heavy atom. The Morgan fingerprint density at radius 2 is 1.89 bits per heavy atom. The van der Waals surface area contributed by atoms with Crippen molar-refractivity contribution < 1.29 is 0 Å². The zero-order chi connectivity index (χ0) is 13.0. The molecule has 0 spiro atoms. The van der Waals surface area contributed by atoms with Gasteiger partial charge in [-0.15, -0.1) is 0 Å². The number of aromatic amines is 1. The third-order valence-corrected chi connectivity index (χ3v) is 4.25. The molecule has 0 fully saturated rings. The van der Waals surface area contributed by atoms with Gasteiger partial charge in [-0.25, -0.2) is 0 Å². The van der Waals surface area contributed by atoms with Crippen molar-refractivity contribution in [2.24, 2.45) is 0 Å². The maximum absolute atomic E-state index is 3.60. The molecule has 94 valence electrons. The van der Waals surface area contributed by atoms with Crippen molar-refractivity contribution in [2.75, 3.05) is 0 Å². The molecule has 1 aromatic heterocycles. The lowest BCUT2D eigenvalue weighted by molar-refractivity contribution is 0.868. The van der Waals surface area contributed by atoms with Gasteiger partial charge in [0.25, 0.3) is 0 Å². The Labute approximate surface area is 113 Å². The van der Waals surface area contributed by atoms with Crippen LogP contribution in [0.1, 0.15) is 36.5 Å². The Bertz CT molecular complexity index is 777. The normalized spacial score (nSPS) is 13.0. The highest BCUT2D eigenvalue weighted by atomic mass is 14.7. The number of hydrogen-bond acceptors (Lipinski definition) is 0. The molecule has 0 aliphatic heterocycles. The molecule has 0 atom stereocenters. The predicted octanol–water partition coefficient (Wildman–Crippen LogP) is 4.86. The second-order valence-corrected chi connectivity index (χ2v) is 5.77. The van der Waals surface area contributed by atoms with E-state index < -0.39 is 0 Å². The van der Waals surface area contributed by atoms with Gasteiger partial charge in [-0.05, 0) is 34.7 Å². The van der Waals surface area contributed by atoms with E-state index in [4.69, 9.17) is 0 Å². The number of hydrogen-bond donors (Lipinski definition) is 1. The van der Waals surface area contributed by atoms with Gasteiger partial charge in [0.15, 0.2) is 0 Å². The van der Waals surface area contributed by atoms with Crippen LogP contribution in [0.25, 0.3) is 22.2 Å². The van der Waals surface area contributed by atoms with Crippen LogP contribution in [0.3, 0.4) is 0 Å². The third-order valence-electron chi connectivity index (χ3n) is 4.25. The van der Waals surface area contributed by atoms with Crippen LogP contribution < -0.4 is 0 Å². The highest BCUT2D eigenvalue weighted by Crippen LogP contribution is 2.40. The monoisotopic (exact) mass is 247 g/mol. The quantitative estimate of drug-likeness (QED) is 0.494. The zero-order valence-electron chi connectivity index (χ0n) is 11.3. The van der Waals surface area contributed by atoms with Crippen LogP contribution in [0.15, 0.2) is 42.5 Å². The number of aromatic nitrogens is 1. The van der Waals surface area contributed by atoms with Crippen LogP contribution in [-0.2, 0) is 6.42 Å². The number of rotatable bonds is 1. The van der Waals surface area contributed by atoms with E-state index in [-0.39, 0.29) is 0 Å². The maximum Gasteiger partial charge on any atom is 0.0503 e. The van der Waals surface area contributed by atoms with Gasteiger partial charge >= 0.3 is 0 Å². The van der Waals surface area contributed by atoms with Crippen LogP contribution in [0, 0.1) is 0 Å². The van der Waals surface area contributed by atoms with E-state index in [1.54, 1.807) is 0 Å². The molecular weight excluding hydrogens is 230 g/mol. The average molecular weight is 247 g/mol. The lowest BCUT2D eigenvalue weighted by atomic mass is 10.00. The van der Waals surface area contributed by atoms with Crippen molar-refractivity contribution >= 4 is 10.9 Å². The van der Waals surface area contributed by atoms with E-state index in [0.717, 1.165) is 6.42 Å². The summed E-state index contributed by atoms with van der Waals surface area (Å²) in [4.78, 5) is 3.60.